The molecule has 1 aromatic heterocycles. The maximum atomic E-state index is 13.5. The lowest BCUT2D eigenvalue weighted by Gasteiger charge is -2.32. The number of aryl methyl sites for hydroxylation is 2. The third kappa shape index (κ3) is 5.69. The number of piperidine rings is 1. The number of carbonyl (C=O) groups is 2. The van der Waals surface area contributed by atoms with Crippen molar-refractivity contribution in [3.63, 3.8) is 0 Å². The van der Waals surface area contributed by atoms with Gasteiger partial charge in [-0.05, 0) is 37.0 Å². The fourth-order valence-corrected chi connectivity index (χ4v) is 5.29. The summed E-state index contributed by atoms with van der Waals surface area (Å²) in [6.07, 6.45) is 3.88. The van der Waals surface area contributed by atoms with Gasteiger partial charge in [0.25, 0.3) is 17.7 Å². The Morgan fingerprint density at radius 3 is 2.24 bits per heavy atom. The molecule has 0 unspecified atom stereocenters. The summed E-state index contributed by atoms with van der Waals surface area (Å²) in [5.41, 5.74) is 3.32. The summed E-state index contributed by atoms with van der Waals surface area (Å²) in [5, 5.41) is 0.960. The lowest BCUT2D eigenvalue weighted by molar-refractivity contribution is -0.0494. The number of likely N-dealkylation sites (tertiary alicyclic amines) is 1. The van der Waals surface area contributed by atoms with Crippen molar-refractivity contribution in [3.8, 4) is 0 Å². The molecule has 0 atom stereocenters. The summed E-state index contributed by atoms with van der Waals surface area (Å²) in [7, 11) is 0. The van der Waals surface area contributed by atoms with Gasteiger partial charge in [-0.2, -0.15) is 0 Å². The zero-order chi connectivity index (χ0) is 25.8. The first kappa shape index (κ1) is 25.4. The first-order chi connectivity index (χ1) is 17.9. The Bertz CT molecular complexity index is 1260. The van der Waals surface area contributed by atoms with Crippen molar-refractivity contribution >= 4 is 22.7 Å². The number of fused-ring (bicyclic) bond motifs is 1. The SMILES string of the molecule is O=C(c1ccccc1CCCCn1cc(C(=O)N2CCOCC2)c2ccccc21)N1CCC(F)(F)CC1. The zero-order valence-corrected chi connectivity index (χ0v) is 21.0. The third-order valence-corrected chi connectivity index (χ3v) is 7.44. The number of amides is 2. The molecule has 0 aliphatic carbocycles. The molecule has 2 aliphatic rings. The van der Waals surface area contributed by atoms with E-state index in [2.05, 4.69) is 4.57 Å². The number of aromatic nitrogens is 1. The van der Waals surface area contributed by atoms with E-state index >= 15 is 0 Å². The van der Waals surface area contributed by atoms with Gasteiger partial charge < -0.3 is 19.1 Å². The second-order valence-corrected chi connectivity index (χ2v) is 9.92. The van der Waals surface area contributed by atoms with Crippen LogP contribution in [0.3, 0.4) is 0 Å². The van der Waals surface area contributed by atoms with Crippen LogP contribution in [-0.2, 0) is 17.7 Å². The van der Waals surface area contributed by atoms with Crippen molar-refractivity contribution in [2.24, 2.45) is 0 Å². The molecule has 37 heavy (non-hydrogen) atoms. The van der Waals surface area contributed by atoms with Gasteiger partial charge in [0.1, 0.15) is 0 Å². The van der Waals surface area contributed by atoms with E-state index in [0.717, 1.165) is 47.8 Å². The first-order valence-electron chi connectivity index (χ1n) is 13.1. The van der Waals surface area contributed by atoms with Crippen molar-refractivity contribution in [1.29, 1.82) is 0 Å². The third-order valence-electron chi connectivity index (χ3n) is 7.44. The predicted molar refractivity (Wildman–Crippen MR) is 138 cm³/mol. The fraction of sp³-hybridized carbons (Fsp3) is 0.448. The number of nitrogens with zero attached hydrogens (tertiary/aromatic N) is 3. The number of halogens is 2. The minimum atomic E-state index is -2.67. The number of unbranched alkanes of at least 4 members (excludes halogenated alkanes) is 1. The van der Waals surface area contributed by atoms with Crippen LogP contribution in [-0.4, -0.2) is 71.5 Å². The molecule has 2 saturated heterocycles. The van der Waals surface area contributed by atoms with Crippen molar-refractivity contribution in [1.82, 2.24) is 14.4 Å². The molecular formula is C29H33F2N3O3. The molecule has 0 bridgehead atoms. The van der Waals surface area contributed by atoms with Crippen LogP contribution in [0.2, 0.25) is 0 Å². The number of alkyl halides is 2. The van der Waals surface area contributed by atoms with Crippen LogP contribution < -0.4 is 0 Å². The maximum absolute atomic E-state index is 13.5. The van der Waals surface area contributed by atoms with Gasteiger partial charge in [-0.25, -0.2) is 8.78 Å². The average Bonchev–Trinajstić information content (AvgIpc) is 3.29. The number of hydrogen-bond donors (Lipinski definition) is 0. The van der Waals surface area contributed by atoms with Gasteiger partial charge in [0.2, 0.25) is 0 Å². The predicted octanol–water partition coefficient (Wildman–Crippen LogP) is 5.01. The molecule has 8 heteroatoms. The number of para-hydroxylation sites is 1. The number of morpholine rings is 1. The lowest BCUT2D eigenvalue weighted by atomic mass is 9.99. The van der Waals surface area contributed by atoms with Crippen molar-refractivity contribution in [3.05, 3.63) is 71.4 Å². The van der Waals surface area contributed by atoms with Gasteiger partial charge in [0, 0.05) is 68.2 Å². The molecule has 5 rings (SSSR count). The summed E-state index contributed by atoms with van der Waals surface area (Å²) >= 11 is 0. The second kappa shape index (κ2) is 11.0. The smallest absolute Gasteiger partial charge is 0.256 e. The molecule has 0 N–H and O–H groups in total. The summed E-state index contributed by atoms with van der Waals surface area (Å²) < 4.78 is 34.6. The largest absolute Gasteiger partial charge is 0.378 e. The van der Waals surface area contributed by atoms with Crippen LogP contribution in [0.4, 0.5) is 8.78 Å². The van der Waals surface area contributed by atoms with E-state index in [1.807, 2.05) is 53.6 Å². The molecule has 196 valence electrons. The highest BCUT2D eigenvalue weighted by Crippen LogP contribution is 2.29. The number of benzene rings is 2. The summed E-state index contributed by atoms with van der Waals surface area (Å²) in [5.74, 6) is -2.79. The van der Waals surface area contributed by atoms with E-state index in [4.69, 9.17) is 4.74 Å². The van der Waals surface area contributed by atoms with E-state index in [1.165, 1.54) is 0 Å². The van der Waals surface area contributed by atoms with E-state index < -0.39 is 5.92 Å². The molecule has 2 amide bonds. The Labute approximate surface area is 215 Å². The van der Waals surface area contributed by atoms with Crippen molar-refractivity contribution < 1.29 is 23.1 Å². The molecule has 2 aromatic carbocycles. The van der Waals surface area contributed by atoms with E-state index in [1.54, 1.807) is 11.0 Å². The van der Waals surface area contributed by atoms with E-state index in [-0.39, 0.29) is 37.7 Å². The quantitative estimate of drug-likeness (QED) is 0.421. The highest BCUT2D eigenvalue weighted by molar-refractivity contribution is 6.07. The molecule has 0 radical (unpaired) electrons. The monoisotopic (exact) mass is 509 g/mol. The van der Waals surface area contributed by atoms with Crippen LogP contribution in [0.15, 0.2) is 54.7 Å². The Hall–Kier alpha value is -3.26. The highest BCUT2D eigenvalue weighted by atomic mass is 19.3. The number of rotatable bonds is 7. The lowest BCUT2D eigenvalue weighted by Crippen LogP contribution is -2.43. The summed E-state index contributed by atoms with van der Waals surface area (Å²) in [4.78, 5) is 29.7. The van der Waals surface area contributed by atoms with Crippen molar-refractivity contribution in [2.75, 3.05) is 39.4 Å². The zero-order valence-electron chi connectivity index (χ0n) is 21.0. The van der Waals surface area contributed by atoms with E-state index in [0.29, 0.717) is 31.9 Å². The van der Waals surface area contributed by atoms with Gasteiger partial charge in [-0.3, -0.25) is 9.59 Å². The number of carbonyl (C=O) groups excluding carboxylic acids is 2. The van der Waals surface area contributed by atoms with E-state index in [9.17, 15) is 18.4 Å². The minimum Gasteiger partial charge on any atom is -0.378 e. The van der Waals surface area contributed by atoms with Gasteiger partial charge in [-0.1, -0.05) is 36.4 Å². The van der Waals surface area contributed by atoms with Gasteiger partial charge in [0.15, 0.2) is 0 Å². The number of ether oxygens (including phenoxy) is 1. The van der Waals surface area contributed by atoms with Crippen LogP contribution in [0, 0.1) is 0 Å². The van der Waals surface area contributed by atoms with Crippen LogP contribution in [0.25, 0.3) is 10.9 Å². The van der Waals surface area contributed by atoms with Crippen LogP contribution in [0.1, 0.15) is 52.0 Å². The molecule has 3 aromatic rings. The Morgan fingerprint density at radius 2 is 1.46 bits per heavy atom. The van der Waals surface area contributed by atoms with Crippen LogP contribution in [0.5, 0.6) is 0 Å². The van der Waals surface area contributed by atoms with Gasteiger partial charge in [-0.15, -0.1) is 0 Å². The normalized spacial score (nSPS) is 17.8. The fourth-order valence-electron chi connectivity index (χ4n) is 5.29. The summed E-state index contributed by atoms with van der Waals surface area (Å²) in [6, 6.07) is 15.5. The second-order valence-electron chi connectivity index (χ2n) is 9.92. The molecule has 2 fully saturated rings. The Morgan fingerprint density at radius 1 is 0.811 bits per heavy atom. The van der Waals surface area contributed by atoms with Gasteiger partial charge >= 0.3 is 0 Å². The molecule has 6 nitrogen and oxygen atoms in total. The average molecular weight is 510 g/mol. The minimum absolute atomic E-state index is 0.0427. The molecule has 0 spiro atoms. The molecule has 0 saturated carbocycles. The van der Waals surface area contributed by atoms with Gasteiger partial charge in [0.05, 0.1) is 18.8 Å². The summed E-state index contributed by atoms with van der Waals surface area (Å²) in [6.45, 7) is 3.29. The Balaban J connectivity index is 1.23. The number of hydrogen-bond acceptors (Lipinski definition) is 3. The molecule has 3 heterocycles. The topological polar surface area (TPSA) is 54.8 Å². The first-order valence-corrected chi connectivity index (χ1v) is 13.1. The Kier molecular flexibility index (Phi) is 7.55. The molecular weight excluding hydrogens is 476 g/mol. The maximum Gasteiger partial charge on any atom is 0.256 e. The molecule has 2 aliphatic heterocycles. The highest BCUT2D eigenvalue weighted by Gasteiger charge is 2.36. The van der Waals surface area contributed by atoms with Crippen LogP contribution >= 0.6 is 0 Å². The standard InChI is InChI=1S/C29H33F2N3O3/c30-29(31)12-15-32(16-13-29)27(35)23-9-2-1-7-22(23)8-5-6-14-34-21-25(24-10-3-4-11-26(24)34)28(36)33-17-19-37-20-18-33/h1-4,7,9-11,21H,5-6,8,12-20H2. The van der Waals surface area contributed by atoms with Crippen molar-refractivity contribution in [2.45, 2.75) is 44.6 Å².